The van der Waals surface area contributed by atoms with Crippen LogP contribution in [0.3, 0.4) is 0 Å². The van der Waals surface area contributed by atoms with Gasteiger partial charge >= 0.3 is 12.0 Å². The Balaban J connectivity index is 2.58. The van der Waals surface area contributed by atoms with E-state index in [1.165, 1.54) is 11.3 Å². The van der Waals surface area contributed by atoms with E-state index >= 15 is 0 Å². The Morgan fingerprint density at radius 2 is 2.10 bits per heavy atom. The number of hydrogen-bond acceptors (Lipinski definition) is 4. The zero-order valence-electron chi connectivity index (χ0n) is 11.9. The van der Waals surface area contributed by atoms with Crippen molar-refractivity contribution < 1.29 is 14.7 Å². The van der Waals surface area contributed by atoms with Crippen LogP contribution >= 0.6 is 11.3 Å². The van der Waals surface area contributed by atoms with Crippen molar-refractivity contribution in [2.75, 3.05) is 0 Å². The van der Waals surface area contributed by atoms with E-state index in [1.54, 1.807) is 6.20 Å². The van der Waals surface area contributed by atoms with Gasteiger partial charge in [-0.2, -0.15) is 0 Å². The third kappa shape index (κ3) is 5.16. The summed E-state index contributed by atoms with van der Waals surface area (Å²) in [6.07, 6.45) is 2.78. The lowest BCUT2D eigenvalue weighted by Gasteiger charge is -2.19. The molecule has 2 atom stereocenters. The lowest BCUT2D eigenvalue weighted by Crippen LogP contribution is -2.47. The molecule has 1 aromatic rings. The summed E-state index contributed by atoms with van der Waals surface area (Å²) in [5, 5.41) is 17.0. The third-order valence-electron chi connectivity index (χ3n) is 2.77. The zero-order chi connectivity index (χ0) is 15.1. The summed E-state index contributed by atoms with van der Waals surface area (Å²) < 4.78 is 0. The predicted octanol–water partition coefficient (Wildman–Crippen LogP) is 2.39. The van der Waals surface area contributed by atoms with Gasteiger partial charge in [-0.1, -0.05) is 20.8 Å². The molecule has 0 aliphatic heterocycles. The van der Waals surface area contributed by atoms with E-state index in [2.05, 4.69) is 15.6 Å². The van der Waals surface area contributed by atoms with Crippen LogP contribution < -0.4 is 10.6 Å². The molecule has 0 aromatic carbocycles. The number of carboxylic acid groups (broad SMARTS) is 1. The van der Waals surface area contributed by atoms with Crippen LogP contribution in [0.1, 0.15) is 44.7 Å². The van der Waals surface area contributed by atoms with Gasteiger partial charge in [-0.3, -0.25) is 0 Å². The molecule has 6 nitrogen and oxygen atoms in total. The van der Waals surface area contributed by atoms with E-state index < -0.39 is 18.0 Å². The second-order valence-corrected chi connectivity index (χ2v) is 5.90. The van der Waals surface area contributed by atoms with Gasteiger partial charge in [0, 0.05) is 11.6 Å². The van der Waals surface area contributed by atoms with Gasteiger partial charge in [0.25, 0.3) is 0 Å². The Kier molecular flexibility index (Phi) is 6.44. The number of rotatable bonds is 7. The van der Waals surface area contributed by atoms with Crippen molar-refractivity contribution in [3.63, 3.8) is 0 Å². The molecule has 1 aromatic heterocycles. The highest BCUT2D eigenvalue weighted by atomic mass is 32.1. The van der Waals surface area contributed by atoms with Crippen molar-refractivity contribution in [3.8, 4) is 0 Å². The van der Waals surface area contributed by atoms with Crippen LogP contribution in [0.25, 0.3) is 0 Å². The topological polar surface area (TPSA) is 91.3 Å². The molecule has 0 aliphatic carbocycles. The van der Waals surface area contributed by atoms with Crippen molar-refractivity contribution >= 4 is 23.3 Å². The fourth-order valence-corrected chi connectivity index (χ4v) is 2.57. The summed E-state index contributed by atoms with van der Waals surface area (Å²) in [6, 6.07) is -1.53. The molecule has 3 N–H and O–H groups in total. The summed E-state index contributed by atoms with van der Waals surface area (Å²) in [4.78, 5) is 27.2. The van der Waals surface area contributed by atoms with Gasteiger partial charge in [0.05, 0.1) is 6.04 Å². The van der Waals surface area contributed by atoms with Crippen molar-refractivity contribution in [1.82, 2.24) is 15.6 Å². The van der Waals surface area contributed by atoms with Crippen LogP contribution in [0, 0.1) is 5.92 Å². The van der Waals surface area contributed by atoms with Crippen molar-refractivity contribution in [3.05, 3.63) is 16.6 Å². The van der Waals surface area contributed by atoms with Gasteiger partial charge in [0.1, 0.15) is 11.0 Å². The Morgan fingerprint density at radius 1 is 1.40 bits per heavy atom. The second kappa shape index (κ2) is 7.84. The molecule has 1 unspecified atom stereocenters. The van der Waals surface area contributed by atoms with Crippen molar-refractivity contribution in [1.29, 1.82) is 0 Å². The summed E-state index contributed by atoms with van der Waals surface area (Å²) in [6.45, 7) is 5.77. The van der Waals surface area contributed by atoms with E-state index in [1.807, 2.05) is 26.2 Å². The molecular formula is C13H21N3O3S. The van der Waals surface area contributed by atoms with E-state index in [-0.39, 0.29) is 12.0 Å². The minimum atomic E-state index is -1.02. The lowest BCUT2D eigenvalue weighted by atomic mass is 10.0. The Morgan fingerprint density at radius 3 is 2.55 bits per heavy atom. The monoisotopic (exact) mass is 299 g/mol. The molecule has 20 heavy (non-hydrogen) atoms. The van der Waals surface area contributed by atoms with E-state index in [0.29, 0.717) is 12.8 Å². The van der Waals surface area contributed by atoms with Gasteiger partial charge < -0.3 is 15.7 Å². The number of nitrogens with one attached hydrogen (secondary N) is 2. The number of carbonyl (C=O) groups is 2. The molecule has 0 aliphatic rings. The molecule has 0 radical (unpaired) electrons. The van der Waals surface area contributed by atoms with Gasteiger partial charge in [-0.05, 0) is 18.8 Å². The highest BCUT2D eigenvalue weighted by Crippen LogP contribution is 2.18. The van der Waals surface area contributed by atoms with Gasteiger partial charge in [-0.25, -0.2) is 14.6 Å². The van der Waals surface area contributed by atoms with Crippen LogP contribution in [0.5, 0.6) is 0 Å². The van der Waals surface area contributed by atoms with Crippen LogP contribution in [-0.4, -0.2) is 28.1 Å². The molecule has 1 rings (SSSR count). The Labute approximate surface area is 122 Å². The zero-order valence-corrected chi connectivity index (χ0v) is 12.7. The van der Waals surface area contributed by atoms with E-state index in [4.69, 9.17) is 5.11 Å². The van der Waals surface area contributed by atoms with Crippen molar-refractivity contribution in [2.45, 2.75) is 45.7 Å². The molecule has 7 heteroatoms. The molecule has 112 valence electrons. The van der Waals surface area contributed by atoms with E-state index in [0.717, 1.165) is 5.01 Å². The van der Waals surface area contributed by atoms with Crippen molar-refractivity contribution in [2.24, 2.45) is 5.92 Å². The number of aliphatic carboxylic acids is 1. The number of amides is 2. The molecule has 0 spiro atoms. The van der Waals surface area contributed by atoms with E-state index in [9.17, 15) is 9.59 Å². The molecule has 0 bridgehead atoms. The molecule has 0 saturated carbocycles. The van der Waals surface area contributed by atoms with Crippen LogP contribution in [0.4, 0.5) is 4.79 Å². The molecule has 2 amide bonds. The molecule has 0 saturated heterocycles. The average Bonchev–Trinajstić information content (AvgIpc) is 2.88. The minimum absolute atomic E-state index is 0.191. The van der Waals surface area contributed by atoms with Gasteiger partial charge in [0.15, 0.2) is 0 Å². The number of carbonyl (C=O) groups excluding carboxylic acids is 1. The third-order valence-corrected chi connectivity index (χ3v) is 3.66. The number of nitrogens with zero attached hydrogens (tertiary/aromatic N) is 1. The largest absolute Gasteiger partial charge is 0.480 e. The molecule has 1 heterocycles. The smallest absolute Gasteiger partial charge is 0.326 e. The lowest BCUT2D eigenvalue weighted by molar-refractivity contribution is -0.139. The first kappa shape index (κ1) is 16.4. The number of aromatic nitrogens is 1. The molecule has 0 fully saturated rings. The average molecular weight is 299 g/mol. The first-order valence-corrected chi connectivity index (χ1v) is 7.51. The van der Waals surface area contributed by atoms with Crippen LogP contribution in [0.2, 0.25) is 0 Å². The predicted molar refractivity (Wildman–Crippen MR) is 77.7 cm³/mol. The quantitative estimate of drug-likeness (QED) is 0.721. The highest BCUT2D eigenvalue weighted by Gasteiger charge is 2.22. The SMILES string of the molecule is CCC(NC(=O)N[C@H](CC(C)C)C(=O)O)c1nccs1. The van der Waals surface area contributed by atoms with Crippen LogP contribution in [-0.2, 0) is 4.79 Å². The molecular weight excluding hydrogens is 278 g/mol. The standard InChI is InChI=1S/C13H21N3O3S/c1-4-9(11-14-5-6-20-11)15-13(19)16-10(12(17)18)7-8(2)3/h5-6,8-10H,4,7H2,1-3H3,(H,17,18)(H2,15,16,19)/t9?,10-/m1/s1. The first-order valence-electron chi connectivity index (χ1n) is 6.63. The minimum Gasteiger partial charge on any atom is -0.480 e. The number of carboxylic acids is 1. The maximum atomic E-state index is 11.9. The van der Waals surface area contributed by atoms with Gasteiger partial charge in [0.2, 0.25) is 0 Å². The number of thiazole rings is 1. The maximum absolute atomic E-state index is 11.9. The summed E-state index contributed by atoms with van der Waals surface area (Å²) >= 11 is 1.46. The van der Waals surface area contributed by atoms with Gasteiger partial charge in [-0.15, -0.1) is 11.3 Å². The fraction of sp³-hybridized carbons (Fsp3) is 0.615. The summed E-state index contributed by atoms with van der Waals surface area (Å²) in [7, 11) is 0. The summed E-state index contributed by atoms with van der Waals surface area (Å²) in [5.41, 5.74) is 0. The maximum Gasteiger partial charge on any atom is 0.326 e. The first-order chi connectivity index (χ1) is 9.43. The van der Waals surface area contributed by atoms with Crippen LogP contribution in [0.15, 0.2) is 11.6 Å². The highest BCUT2D eigenvalue weighted by molar-refractivity contribution is 7.09. The Hall–Kier alpha value is -1.63. The number of urea groups is 1. The number of hydrogen-bond donors (Lipinski definition) is 3. The Bertz CT molecular complexity index is 434. The summed E-state index contributed by atoms with van der Waals surface area (Å²) in [5.74, 6) is -0.825. The fourth-order valence-electron chi connectivity index (χ4n) is 1.80. The second-order valence-electron chi connectivity index (χ2n) is 4.97. The normalized spacial score (nSPS) is 13.8.